The van der Waals surface area contributed by atoms with E-state index in [-0.39, 0.29) is 83.3 Å². The van der Waals surface area contributed by atoms with Crippen LogP contribution in [0.1, 0.15) is 47.4 Å². The van der Waals surface area contributed by atoms with Gasteiger partial charge in [0.2, 0.25) is 11.8 Å². The summed E-state index contributed by atoms with van der Waals surface area (Å²) in [5, 5.41) is 32.2. The molecule has 0 saturated carbocycles. The number of aliphatic carboxylic acids is 2. The van der Waals surface area contributed by atoms with Crippen molar-refractivity contribution >= 4 is 124 Å². The second-order valence-electron chi connectivity index (χ2n) is 10.4. The third-order valence-electron chi connectivity index (χ3n) is 6.26. The summed E-state index contributed by atoms with van der Waals surface area (Å²) in [5.74, 6) is -5.54. The van der Waals surface area contributed by atoms with Crippen LogP contribution in [0.3, 0.4) is 0 Å². The average Bonchev–Trinajstić information content (AvgIpc) is 3.16. The maximum absolute atomic E-state index is 12.0. The van der Waals surface area contributed by atoms with Crippen molar-refractivity contribution < 1.29 is 58.2 Å². The fraction of sp³-hybridized carbons (Fsp3) is 0.353. The summed E-state index contributed by atoms with van der Waals surface area (Å²) in [6, 6.07) is 11.3. The van der Waals surface area contributed by atoms with Gasteiger partial charge in [-0.3, -0.25) is 38.4 Å². The van der Waals surface area contributed by atoms with Crippen molar-refractivity contribution in [3.05, 3.63) is 59.7 Å². The molecule has 6 amide bonds. The van der Waals surface area contributed by atoms with Gasteiger partial charge < -0.3 is 42.1 Å². The van der Waals surface area contributed by atoms with Gasteiger partial charge in [0.1, 0.15) is 0 Å². The second-order valence-corrected chi connectivity index (χ2v) is 13.9. The number of hydrogen-bond donors (Lipinski definition) is 8. The molecule has 2 rings (SSSR count). The van der Waals surface area contributed by atoms with Gasteiger partial charge >= 0.3 is 23.8 Å². The van der Waals surface area contributed by atoms with E-state index in [1.807, 2.05) is 0 Å². The molecule has 2 aromatic carbocycles. The molecule has 0 saturated heterocycles. The summed E-state index contributed by atoms with van der Waals surface area (Å²) < 4.78 is 0. The first-order valence-electron chi connectivity index (χ1n) is 16.0. The van der Waals surface area contributed by atoms with Crippen LogP contribution in [0.4, 0.5) is 11.4 Å². The normalized spacial score (nSPS) is 9.82. The number of halogens is 2. The smallest absolute Gasteiger partial charge is 0.394 e. The van der Waals surface area contributed by atoms with Crippen molar-refractivity contribution in [3.63, 3.8) is 0 Å². The summed E-state index contributed by atoms with van der Waals surface area (Å²) in [6.45, 7) is 1.24. The molecule has 0 aliphatic rings. The van der Waals surface area contributed by atoms with Crippen LogP contribution in [-0.4, -0.2) is 116 Å². The molecule has 56 heavy (non-hydrogen) atoms. The van der Waals surface area contributed by atoms with Crippen molar-refractivity contribution in [2.45, 2.75) is 26.7 Å². The minimum absolute atomic E-state index is 0. The molecule has 22 heteroatoms. The van der Waals surface area contributed by atoms with E-state index in [0.29, 0.717) is 42.1 Å². The van der Waals surface area contributed by atoms with E-state index in [2.05, 4.69) is 63.8 Å². The molecule has 0 aliphatic carbocycles. The highest BCUT2D eigenvalue weighted by Gasteiger charge is 2.14. The van der Waals surface area contributed by atoms with E-state index in [4.69, 9.17) is 10.2 Å². The number of thioether (sulfide) groups is 2. The van der Waals surface area contributed by atoms with Gasteiger partial charge in [-0.2, -0.15) is 0 Å². The molecule has 0 heterocycles. The van der Waals surface area contributed by atoms with Crippen molar-refractivity contribution in [2.24, 2.45) is 0 Å². The zero-order valence-corrected chi connectivity index (χ0v) is 33.8. The number of alkyl halides is 2. The first kappa shape index (κ1) is 51.2. The van der Waals surface area contributed by atoms with Gasteiger partial charge in [0, 0.05) is 73.0 Å². The maximum Gasteiger partial charge on any atom is 0.394 e. The Hall–Kier alpha value is -4.80. The Kier molecular flexibility index (Phi) is 27.0. The molecular weight excluding hydrogens is 908 g/mol. The molecular formula is C34H42Br2N6O12S2. The number of carboxylic acids is 2. The number of anilines is 2. The van der Waals surface area contributed by atoms with Gasteiger partial charge in [-0.05, 0) is 55.0 Å². The van der Waals surface area contributed by atoms with Gasteiger partial charge in [-0.1, -0.05) is 62.8 Å². The van der Waals surface area contributed by atoms with Crippen LogP contribution in [0.5, 0.6) is 0 Å². The van der Waals surface area contributed by atoms with Crippen LogP contribution in [0.25, 0.3) is 0 Å². The molecule has 18 nitrogen and oxygen atoms in total. The van der Waals surface area contributed by atoms with Crippen molar-refractivity contribution in [1.29, 1.82) is 0 Å². The molecule has 2 aromatic rings. The van der Waals surface area contributed by atoms with Crippen LogP contribution in [0.15, 0.2) is 48.5 Å². The summed E-state index contributed by atoms with van der Waals surface area (Å²) in [5.41, 5.74) is 1.12. The van der Waals surface area contributed by atoms with Gasteiger partial charge in [0.15, 0.2) is 10.2 Å². The Bertz CT molecular complexity index is 1680. The maximum atomic E-state index is 12.0. The molecule has 0 radical (unpaired) electrons. The summed E-state index contributed by atoms with van der Waals surface area (Å²) in [6.07, 6.45) is 0.999. The predicted octanol–water partition coefficient (Wildman–Crippen LogP) is 2.23. The number of benzene rings is 2. The van der Waals surface area contributed by atoms with Crippen molar-refractivity contribution in [2.75, 3.05) is 59.0 Å². The topological polar surface area (TPSA) is 283 Å². The van der Waals surface area contributed by atoms with E-state index in [9.17, 15) is 47.9 Å². The summed E-state index contributed by atoms with van der Waals surface area (Å²) in [7, 11) is 0. The van der Waals surface area contributed by atoms with Crippen LogP contribution in [0, 0.1) is 0 Å². The largest absolute Gasteiger partial charge is 0.474 e. The van der Waals surface area contributed by atoms with E-state index < -0.39 is 29.7 Å². The molecule has 306 valence electrons. The lowest BCUT2D eigenvalue weighted by Crippen LogP contribution is -2.27. The molecule has 0 fully saturated rings. The summed E-state index contributed by atoms with van der Waals surface area (Å²) in [4.78, 5) is 112. The van der Waals surface area contributed by atoms with Gasteiger partial charge in [0.05, 0.1) is 10.7 Å². The number of carbonyl (C=O) groups excluding carboxylic acids is 8. The third-order valence-corrected chi connectivity index (χ3v) is 9.24. The van der Waals surface area contributed by atoms with Crippen molar-refractivity contribution in [3.8, 4) is 0 Å². The molecule has 0 aromatic heterocycles. The zero-order valence-electron chi connectivity index (χ0n) is 28.9. The minimum atomic E-state index is -1.61. The number of carboxylic acid groups (broad SMARTS) is 2. The number of hydrogen-bond acceptors (Lipinski definition) is 12. The molecule has 0 aliphatic heterocycles. The molecule has 8 N–H and O–H groups in total. The quantitative estimate of drug-likeness (QED) is 0.0570. The fourth-order valence-corrected chi connectivity index (χ4v) is 5.46. The van der Waals surface area contributed by atoms with E-state index in [0.717, 1.165) is 23.5 Å². The molecule has 0 unspecified atom stereocenters. The van der Waals surface area contributed by atoms with E-state index >= 15 is 0 Å². The Labute approximate surface area is 347 Å². The fourth-order valence-electron chi connectivity index (χ4n) is 3.62. The molecule has 0 spiro atoms. The monoisotopic (exact) mass is 948 g/mol. The summed E-state index contributed by atoms with van der Waals surface area (Å²) >= 11 is 8.28. The minimum Gasteiger partial charge on any atom is -0.474 e. The van der Waals surface area contributed by atoms with E-state index in [1.165, 1.54) is 48.5 Å². The van der Waals surface area contributed by atoms with Gasteiger partial charge in [-0.25, -0.2) is 9.59 Å². The van der Waals surface area contributed by atoms with E-state index in [1.54, 1.807) is 0 Å². The molecule has 0 bridgehead atoms. The second kappa shape index (κ2) is 29.5. The highest BCUT2D eigenvalue weighted by atomic mass is 79.9. The Morgan fingerprint density at radius 3 is 1.27 bits per heavy atom. The van der Waals surface area contributed by atoms with Gasteiger partial charge in [0.25, 0.3) is 11.8 Å². The first-order chi connectivity index (χ1) is 26.2. The third kappa shape index (κ3) is 23.2. The lowest BCUT2D eigenvalue weighted by molar-refractivity contribution is -0.147. The van der Waals surface area contributed by atoms with Crippen molar-refractivity contribution in [1.82, 2.24) is 21.3 Å². The van der Waals surface area contributed by atoms with Crippen LogP contribution in [-0.2, 0) is 38.4 Å². The lowest BCUT2D eigenvalue weighted by Gasteiger charge is -2.07. The van der Waals surface area contributed by atoms with Crippen LogP contribution >= 0.6 is 55.4 Å². The van der Waals surface area contributed by atoms with Crippen LogP contribution < -0.4 is 31.9 Å². The Morgan fingerprint density at radius 1 is 0.518 bits per heavy atom. The highest BCUT2D eigenvalue weighted by Crippen LogP contribution is 2.12. The zero-order chi connectivity index (χ0) is 41.2. The number of amides is 6. The first-order valence-corrected chi connectivity index (χ1v) is 20.2. The average molecular weight is 951 g/mol. The predicted molar refractivity (Wildman–Crippen MR) is 219 cm³/mol. The molecule has 0 atom stereocenters. The number of nitrogens with one attached hydrogen (secondary N) is 6. The van der Waals surface area contributed by atoms with Gasteiger partial charge in [-0.15, -0.1) is 0 Å². The van der Waals surface area contributed by atoms with Crippen LogP contribution in [0.2, 0.25) is 0 Å². The number of rotatable bonds is 19. The Balaban J connectivity index is 0.00000106. The highest BCUT2D eigenvalue weighted by molar-refractivity contribution is 9.09. The SMILES string of the molecule is C.O=C(CBr)NCCCSC(=O)CCNC(=O)c1ccc(NC(=O)C(=O)O)cc1.O=C(CBr)NCCSC(=O)CCNC(=O)c1ccc(NC(=O)C(=O)O)cc1. The number of carbonyl (C=O) groups is 10. The Morgan fingerprint density at radius 2 is 0.893 bits per heavy atom. The standard InChI is InChI=1S/C17H20BrN3O6S.C16H18BrN3O6S.CH4/c18-10-13(22)19-7-1-9-28-14(23)6-8-20-15(24)11-2-4-12(5-3-11)21-16(25)17(26)27;17-9-12(21)18-7-8-27-13(22)5-6-19-14(23)10-1-3-11(4-2-10)20-15(24)16(25)26;/h2-5H,1,6-10H2,(H,19,22)(H,20,24)(H,21,25)(H,26,27);1-4H,5-9H2,(H,18,21)(H,19,23)(H,20,24)(H,25,26);1H4. The lowest BCUT2D eigenvalue weighted by atomic mass is 10.2.